The lowest BCUT2D eigenvalue weighted by atomic mass is 10.0. The molecule has 25 heavy (non-hydrogen) atoms. The van der Waals surface area contributed by atoms with Gasteiger partial charge in [0.15, 0.2) is 0 Å². The first kappa shape index (κ1) is 19.1. The van der Waals surface area contributed by atoms with Crippen molar-refractivity contribution in [2.75, 3.05) is 18.6 Å². The number of hydrogen-bond donors (Lipinski definition) is 2. The van der Waals surface area contributed by atoms with Gasteiger partial charge < -0.3 is 20.1 Å². The van der Waals surface area contributed by atoms with Gasteiger partial charge in [-0.2, -0.15) is 0 Å². The molecule has 0 aromatic heterocycles. The number of halogens is 1. The van der Waals surface area contributed by atoms with Crippen LogP contribution in [0.5, 0.6) is 5.75 Å². The minimum Gasteiger partial charge on any atom is -0.495 e. The largest absolute Gasteiger partial charge is 0.495 e. The fourth-order valence-electron chi connectivity index (χ4n) is 2.67. The fourth-order valence-corrected chi connectivity index (χ4v) is 2.84. The molecule has 1 saturated heterocycles. The van der Waals surface area contributed by atoms with Crippen molar-refractivity contribution in [2.45, 2.75) is 26.3 Å². The first-order chi connectivity index (χ1) is 11.7. The van der Waals surface area contributed by atoms with Crippen molar-refractivity contribution in [3.05, 3.63) is 23.2 Å². The third kappa shape index (κ3) is 4.22. The molecule has 1 fully saturated rings. The van der Waals surface area contributed by atoms with Crippen LogP contribution in [0.4, 0.5) is 5.69 Å². The number of carboxylic acids is 1. The third-order valence-corrected chi connectivity index (χ3v) is 4.67. The standard InChI is InChI=1S/C17H21ClN2O5/c1-9(17(23)24)10(2)19-16(22)11-6-15(21)20(8-11)13-7-12(18)4-5-14(13)25-3/h4-5,7,9-11H,6,8H2,1-3H3,(H,19,22)(H,23,24). The molecular weight excluding hydrogens is 348 g/mol. The monoisotopic (exact) mass is 368 g/mol. The molecule has 0 aliphatic carbocycles. The number of aliphatic carboxylic acids is 1. The van der Waals surface area contributed by atoms with E-state index in [9.17, 15) is 14.4 Å². The van der Waals surface area contributed by atoms with Crippen LogP contribution < -0.4 is 15.0 Å². The van der Waals surface area contributed by atoms with Crippen molar-refractivity contribution in [3.8, 4) is 5.75 Å². The summed E-state index contributed by atoms with van der Waals surface area (Å²) in [6, 6.07) is 4.40. The summed E-state index contributed by atoms with van der Waals surface area (Å²) in [7, 11) is 1.49. The highest BCUT2D eigenvalue weighted by Gasteiger charge is 2.37. The van der Waals surface area contributed by atoms with Gasteiger partial charge >= 0.3 is 5.97 Å². The Hall–Kier alpha value is -2.28. The van der Waals surface area contributed by atoms with Crippen molar-refractivity contribution in [2.24, 2.45) is 11.8 Å². The zero-order chi connectivity index (χ0) is 18.7. The van der Waals surface area contributed by atoms with Gasteiger partial charge in [0.1, 0.15) is 5.75 Å². The summed E-state index contributed by atoms with van der Waals surface area (Å²) in [5, 5.41) is 12.1. The summed E-state index contributed by atoms with van der Waals surface area (Å²) in [4.78, 5) is 37.2. The van der Waals surface area contributed by atoms with Crippen molar-refractivity contribution < 1.29 is 24.2 Å². The van der Waals surface area contributed by atoms with Gasteiger partial charge in [-0.15, -0.1) is 0 Å². The molecule has 0 spiro atoms. The highest BCUT2D eigenvalue weighted by atomic mass is 35.5. The molecule has 1 aliphatic heterocycles. The van der Waals surface area contributed by atoms with Crippen LogP contribution in [-0.2, 0) is 14.4 Å². The molecule has 8 heteroatoms. The Balaban J connectivity index is 2.11. The maximum Gasteiger partial charge on any atom is 0.308 e. The number of methoxy groups -OCH3 is 1. The van der Waals surface area contributed by atoms with Gasteiger partial charge in [0.05, 0.1) is 24.6 Å². The minimum atomic E-state index is -0.986. The Morgan fingerprint density at radius 3 is 2.68 bits per heavy atom. The molecule has 0 radical (unpaired) electrons. The van der Waals surface area contributed by atoms with E-state index in [2.05, 4.69) is 5.32 Å². The molecule has 1 aromatic carbocycles. The summed E-state index contributed by atoms with van der Waals surface area (Å²) in [6.45, 7) is 3.34. The second-order valence-electron chi connectivity index (χ2n) is 6.15. The van der Waals surface area contributed by atoms with Gasteiger partial charge in [0.2, 0.25) is 11.8 Å². The van der Waals surface area contributed by atoms with Crippen LogP contribution in [0.15, 0.2) is 18.2 Å². The number of anilines is 1. The Morgan fingerprint density at radius 1 is 1.40 bits per heavy atom. The van der Waals surface area contributed by atoms with Crippen LogP contribution in [0.2, 0.25) is 5.02 Å². The van der Waals surface area contributed by atoms with E-state index >= 15 is 0 Å². The predicted molar refractivity (Wildman–Crippen MR) is 92.9 cm³/mol. The van der Waals surface area contributed by atoms with Gasteiger partial charge in [-0.3, -0.25) is 14.4 Å². The summed E-state index contributed by atoms with van der Waals surface area (Å²) in [5.74, 6) is -2.31. The van der Waals surface area contributed by atoms with E-state index in [1.165, 1.54) is 18.9 Å². The van der Waals surface area contributed by atoms with Gasteiger partial charge in [-0.05, 0) is 32.0 Å². The van der Waals surface area contributed by atoms with E-state index in [1.54, 1.807) is 25.1 Å². The average Bonchev–Trinajstić information content (AvgIpc) is 2.95. The lowest BCUT2D eigenvalue weighted by molar-refractivity contribution is -0.142. The molecule has 2 N–H and O–H groups in total. The smallest absolute Gasteiger partial charge is 0.308 e. The maximum atomic E-state index is 12.4. The SMILES string of the molecule is COc1ccc(Cl)cc1N1CC(C(=O)NC(C)C(C)C(=O)O)CC1=O. The second kappa shape index (κ2) is 7.74. The van der Waals surface area contributed by atoms with Crippen molar-refractivity contribution >= 4 is 35.1 Å². The van der Waals surface area contributed by atoms with Gasteiger partial charge in [-0.1, -0.05) is 11.6 Å². The van der Waals surface area contributed by atoms with E-state index in [0.29, 0.717) is 16.5 Å². The topological polar surface area (TPSA) is 95.9 Å². The van der Waals surface area contributed by atoms with E-state index in [-0.39, 0.29) is 24.8 Å². The number of nitrogens with zero attached hydrogens (tertiary/aromatic N) is 1. The summed E-state index contributed by atoms with van der Waals surface area (Å²) in [6.07, 6.45) is 0.0513. The minimum absolute atomic E-state index is 0.0513. The van der Waals surface area contributed by atoms with E-state index < -0.39 is 23.8 Å². The number of hydrogen-bond acceptors (Lipinski definition) is 4. The van der Waals surface area contributed by atoms with Crippen molar-refractivity contribution in [1.29, 1.82) is 0 Å². The highest BCUT2D eigenvalue weighted by Crippen LogP contribution is 2.35. The molecule has 3 atom stereocenters. The number of carboxylic acid groups (broad SMARTS) is 1. The molecule has 136 valence electrons. The number of rotatable bonds is 6. The first-order valence-electron chi connectivity index (χ1n) is 7.91. The van der Waals surface area contributed by atoms with Gasteiger partial charge in [0.25, 0.3) is 0 Å². The molecule has 3 unspecified atom stereocenters. The second-order valence-corrected chi connectivity index (χ2v) is 6.58. The van der Waals surface area contributed by atoms with Crippen LogP contribution in [0.25, 0.3) is 0 Å². The lowest BCUT2D eigenvalue weighted by Crippen LogP contribution is -2.43. The Bertz CT molecular complexity index is 694. The van der Waals surface area contributed by atoms with Crippen LogP contribution in [0, 0.1) is 11.8 Å². The van der Waals surface area contributed by atoms with Crippen LogP contribution in [-0.4, -0.2) is 42.6 Å². The Labute approximate surface area is 150 Å². The molecule has 2 rings (SSSR count). The van der Waals surface area contributed by atoms with E-state index in [1.807, 2.05) is 0 Å². The predicted octanol–water partition coefficient (Wildman–Crippen LogP) is 1.93. The van der Waals surface area contributed by atoms with Crippen molar-refractivity contribution in [3.63, 3.8) is 0 Å². The first-order valence-corrected chi connectivity index (χ1v) is 8.29. The van der Waals surface area contributed by atoms with Crippen LogP contribution >= 0.6 is 11.6 Å². The quantitative estimate of drug-likeness (QED) is 0.799. The molecular formula is C17H21ClN2O5. The molecule has 2 amide bonds. The van der Waals surface area contributed by atoms with Gasteiger partial charge in [0, 0.05) is 24.0 Å². The maximum absolute atomic E-state index is 12.4. The number of ether oxygens (including phenoxy) is 1. The summed E-state index contributed by atoms with van der Waals surface area (Å²) >= 11 is 6.00. The number of carbonyl (C=O) groups excluding carboxylic acids is 2. The number of carbonyl (C=O) groups is 3. The van der Waals surface area contributed by atoms with E-state index in [0.717, 1.165) is 0 Å². The van der Waals surface area contributed by atoms with Gasteiger partial charge in [-0.25, -0.2) is 0 Å². The van der Waals surface area contributed by atoms with Crippen molar-refractivity contribution in [1.82, 2.24) is 5.32 Å². The summed E-state index contributed by atoms with van der Waals surface area (Å²) < 4.78 is 5.26. The third-order valence-electron chi connectivity index (χ3n) is 4.44. The van der Waals surface area contributed by atoms with E-state index in [4.69, 9.17) is 21.4 Å². The summed E-state index contributed by atoms with van der Waals surface area (Å²) in [5.41, 5.74) is 0.516. The lowest BCUT2D eigenvalue weighted by Gasteiger charge is -2.21. The molecule has 0 saturated carbocycles. The zero-order valence-corrected chi connectivity index (χ0v) is 15.0. The molecule has 0 bridgehead atoms. The van der Waals surface area contributed by atoms with Crippen LogP contribution in [0.3, 0.4) is 0 Å². The van der Waals surface area contributed by atoms with Crippen LogP contribution in [0.1, 0.15) is 20.3 Å². The highest BCUT2D eigenvalue weighted by molar-refractivity contribution is 6.31. The molecule has 1 aliphatic rings. The normalized spacial score (nSPS) is 19.4. The number of amides is 2. The zero-order valence-electron chi connectivity index (χ0n) is 14.3. The molecule has 7 nitrogen and oxygen atoms in total. The molecule has 1 heterocycles. The fraction of sp³-hybridized carbons (Fsp3) is 0.471. The average molecular weight is 369 g/mol. The number of benzene rings is 1. The number of nitrogens with one attached hydrogen (secondary N) is 1. The Morgan fingerprint density at radius 2 is 2.08 bits per heavy atom. The Kier molecular flexibility index (Phi) is 5.89. The molecule has 1 aromatic rings.